The van der Waals surface area contributed by atoms with E-state index in [1.54, 1.807) is 0 Å². The maximum Gasteiger partial charge on any atom is 0.335 e. The summed E-state index contributed by atoms with van der Waals surface area (Å²) in [7, 11) is 0. The van der Waals surface area contributed by atoms with Crippen LogP contribution in [0.15, 0.2) is 30.5 Å². The van der Waals surface area contributed by atoms with E-state index < -0.39 is 49.0 Å². The number of benzene rings is 1. The van der Waals surface area contributed by atoms with E-state index in [9.17, 15) is 9.59 Å². The average Bonchev–Trinajstić information content (AvgIpc) is 3.08. The number of aliphatic hydroxyl groups excluding tert-OH is 5. The lowest BCUT2D eigenvalue weighted by Gasteiger charge is -2.23. The molecule has 0 radical (unpaired) electrons. The molecular formula is C17H24N2O9. The molecule has 0 aliphatic rings. The van der Waals surface area contributed by atoms with Gasteiger partial charge in [-0.2, -0.15) is 0 Å². The van der Waals surface area contributed by atoms with Crippen molar-refractivity contribution in [1.29, 1.82) is 0 Å². The summed E-state index contributed by atoms with van der Waals surface area (Å²) < 4.78 is 0. The Balaban J connectivity index is 0.000000284. The summed E-state index contributed by atoms with van der Waals surface area (Å²) in [4.78, 5) is 23.8. The van der Waals surface area contributed by atoms with Crippen LogP contribution in [0.25, 0.3) is 10.9 Å². The number of aliphatic carboxylic acids is 2. The van der Waals surface area contributed by atoms with Crippen LogP contribution in [-0.2, 0) is 16.0 Å². The van der Waals surface area contributed by atoms with Gasteiger partial charge in [0.1, 0.15) is 24.4 Å². The lowest BCUT2D eigenvalue weighted by atomic mass is 10.0. The number of nitrogens with two attached hydrogens (primary N) is 1. The first-order valence-electron chi connectivity index (χ1n) is 8.19. The van der Waals surface area contributed by atoms with Gasteiger partial charge in [0.2, 0.25) is 0 Å². The minimum Gasteiger partial charge on any atom is -0.480 e. The van der Waals surface area contributed by atoms with Gasteiger partial charge in [0.25, 0.3) is 0 Å². The number of H-pyrrole nitrogens is 1. The molecule has 0 amide bonds. The molecule has 11 nitrogen and oxygen atoms in total. The van der Waals surface area contributed by atoms with Crippen LogP contribution < -0.4 is 5.73 Å². The predicted molar refractivity (Wildman–Crippen MR) is 96.4 cm³/mol. The Labute approximate surface area is 159 Å². The molecular weight excluding hydrogens is 376 g/mol. The molecule has 1 aromatic carbocycles. The summed E-state index contributed by atoms with van der Waals surface area (Å²) in [5.41, 5.74) is 7.43. The van der Waals surface area contributed by atoms with Crippen molar-refractivity contribution in [2.24, 2.45) is 5.73 Å². The monoisotopic (exact) mass is 400 g/mol. The minimum absolute atomic E-state index is 0.347. The number of aliphatic hydroxyl groups is 5. The highest BCUT2D eigenvalue weighted by Crippen LogP contribution is 2.18. The van der Waals surface area contributed by atoms with Gasteiger partial charge in [0.15, 0.2) is 6.10 Å². The number of nitrogens with one attached hydrogen (secondary N) is 1. The van der Waals surface area contributed by atoms with E-state index in [2.05, 4.69) is 4.98 Å². The van der Waals surface area contributed by atoms with Gasteiger partial charge in [0.05, 0.1) is 6.61 Å². The number of carboxylic acids is 2. The zero-order chi connectivity index (χ0) is 21.4. The van der Waals surface area contributed by atoms with Crippen molar-refractivity contribution in [2.75, 3.05) is 6.61 Å². The number of para-hydroxylation sites is 1. The van der Waals surface area contributed by atoms with Crippen molar-refractivity contribution in [3.63, 3.8) is 0 Å². The number of rotatable bonds is 8. The molecule has 0 unspecified atom stereocenters. The van der Waals surface area contributed by atoms with Crippen LogP contribution in [-0.4, -0.2) is 89.7 Å². The van der Waals surface area contributed by atoms with Gasteiger partial charge in [0, 0.05) is 23.5 Å². The van der Waals surface area contributed by atoms with Crippen LogP contribution >= 0.6 is 0 Å². The molecule has 28 heavy (non-hydrogen) atoms. The van der Waals surface area contributed by atoms with E-state index in [4.69, 9.17) is 41.5 Å². The number of carbonyl (C=O) groups is 2. The Hall–Kier alpha value is -2.54. The first kappa shape index (κ1) is 23.5. The highest BCUT2D eigenvalue weighted by molar-refractivity contribution is 5.84. The van der Waals surface area contributed by atoms with Crippen molar-refractivity contribution >= 4 is 22.8 Å². The van der Waals surface area contributed by atoms with Gasteiger partial charge >= 0.3 is 11.9 Å². The number of hydrogen-bond donors (Lipinski definition) is 9. The van der Waals surface area contributed by atoms with Crippen molar-refractivity contribution < 1.29 is 45.3 Å². The van der Waals surface area contributed by atoms with E-state index in [0.717, 1.165) is 16.5 Å². The quantitative estimate of drug-likeness (QED) is 0.229. The third-order valence-corrected chi connectivity index (χ3v) is 3.94. The standard InChI is InChI=1S/C11H12N2O2.C6H12O7/c12-9(11(14)15)5-7-6-13-10-4-2-1-3-8(7)10;7-1-2(8)3(9)4(10)5(11)6(12)13/h1-4,6,9,13H,5,12H2,(H,14,15);2-5,7-11H,1H2,(H,12,13)/t9-;2-,3-,4+,5-/m01/s1. The van der Waals surface area contributed by atoms with Crippen molar-refractivity contribution in [1.82, 2.24) is 4.98 Å². The Kier molecular flexibility index (Phi) is 8.99. The predicted octanol–water partition coefficient (Wildman–Crippen LogP) is -2.37. The van der Waals surface area contributed by atoms with E-state index in [0.29, 0.717) is 6.42 Å². The SMILES string of the molecule is N[C@@H](Cc1c[nH]c2ccccc12)C(=O)O.O=C(O)[C@H](O)[C@@H](O)[C@H](O)[C@H](O)CO. The fourth-order valence-corrected chi connectivity index (χ4v) is 2.29. The molecule has 0 bridgehead atoms. The number of fused-ring (bicyclic) bond motifs is 1. The zero-order valence-electron chi connectivity index (χ0n) is 14.7. The van der Waals surface area contributed by atoms with Gasteiger partial charge in [-0.3, -0.25) is 4.79 Å². The molecule has 1 aromatic heterocycles. The molecule has 1 heterocycles. The molecule has 156 valence electrons. The molecule has 2 aromatic rings. The largest absolute Gasteiger partial charge is 0.480 e. The molecule has 0 aliphatic carbocycles. The van der Waals surface area contributed by atoms with Crippen molar-refractivity contribution in [3.8, 4) is 0 Å². The first-order chi connectivity index (χ1) is 13.1. The van der Waals surface area contributed by atoms with E-state index in [-0.39, 0.29) is 0 Å². The summed E-state index contributed by atoms with van der Waals surface area (Å²) in [6.07, 6.45) is -5.68. The van der Waals surface area contributed by atoms with Crippen molar-refractivity contribution in [3.05, 3.63) is 36.0 Å². The lowest BCUT2D eigenvalue weighted by Crippen LogP contribution is -2.48. The first-order valence-corrected chi connectivity index (χ1v) is 8.19. The lowest BCUT2D eigenvalue weighted by molar-refractivity contribution is -0.164. The van der Waals surface area contributed by atoms with Gasteiger partial charge in [-0.15, -0.1) is 0 Å². The van der Waals surface area contributed by atoms with Crippen LogP contribution in [0.4, 0.5) is 0 Å². The highest BCUT2D eigenvalue weighted by Gasteiger charge is 2.33. The van der Waals surface area contributed by atoms with E-state index >= 15 is 0 Å². The van der Waals surface area contributed by atoms with E-state index in [1.165, 1.54) is 0 Å². The van der Waals surface area contributed by atoms with Gasteiger partial charge in [-0.1, -0.05) is 18.2 Å². The Morgan fingerprint density at radius 2 is 1.61 bits per heavy atom. The number of aromatic amines is 1. The summed E-state index contributed by atoms with van der Waals surface area (Å²) in [6, 6.07) is 6.91. The van der Waals surface area contributed by atoms with E-state index in [1.807, 2.05) is 30.5 Å². The number of aromatic nitrogens is 1. The molecule has 0 saturated carbocycles. The van der Waals surface area contributed by atoms with Crippen LogP contribution in [0, 0.1) is 0 Å². The van der Waals surface area contributed by atoms with Gasteiger partial charge in [-0.05, 0) is 11.6 Å². The molecule has 2 rings (SSSR count). The molecule has 11 heteroatoms. The average molecular weight is 400 g/mol. The molecule has 0 aliphatic heterocycles. The molecule has 0 fully saturated rings. The summed E-state index contributed by atoms with van der Waals surface area (Å²) in [6.45, 7) is -0.843. The summed E-state index contributed by atoms with van der Waals surface area (Å²) in [5.74, 6) is -2.70. The topological polar surface area (TPSA) is 218 Å². The minimum atomic E-state index is -2.20. The molecule has 5 atom stereocenters. The second-order valence-electron chi connectivity index (χ2n) is 6.02. The molecule has 0 saturated heterocycles. The normalized spacial score (nSPS) is 16.4. The third kappa shape index (κ3) is 6.27. The van der Waals surface area contributed by atoms with Crippen LogP contribution in [0.3, 0.4) is 0 Å². The van der Waals surface area contributed by atoms with Crippen LogP contribution in [0.2, 0.25) is 0 Å². The zero-order valence-corrected chi connectivity index (χ0v) is 14.7. The Bertz CT molecular complexity index is 779. The third-order valence-electron chi connectivity index (χ3n) is 3.94. The second kappa shape index (κ2) is 10.7. The van der Waals surface area contributed by atoms with Gasteiger partial charge in [-0.25, -0.2) is 4.79 Å². The van der Waals surface area contributed by atoms with Gasteiger partial charge < -0.3 is 46.5 Å². The summed E-state index contributed by atoms with van der Waals surface area (Å²) in [5, 5.41) is 61.6. The maximum absolute atomic E-state index is 10.6. The van der Waals surface area contributed by atoms with Crippen LogP contribution in [0.1, 0.15) is 5.56 Å². The second-order valence-corrected chi connectivity index (χ2v) is 6.02. The molecule has 0 spiro atoms. The number of hydrogen-bond acceptors (Lipinski definition) is 8. The fourth-order valence-electron chi connectivity index (χ4n) is 2.29. The number of carboxylic acid groups (broad SMARTS) is 2. The van der Waals surface area contributed by atoms with Crippen LogP contribution in [0.5, 0.6) is 0 Å². The molecule has 10 N–H and O–H groups in total. The fraction of sp³-hybridized carbons (Fsp3) is 0.412. The van der Waals surface area contributed by atoms with Crippen molar-refractivity contribution in [2.45, 2.75) is 36.9 Å². The maximum atomic E-state index is 10.6. The Morgan fingerprint density at radius 1 is 1.00 bits per heavy atom. The highest BCUT2D eigenvalue weighted by atomic mass is 16.4. The smallest absolute Gasteiger partial charge is 0.335 e. The summed E-state index contributed by atoms with van der Waals surface area (Å²) >= 11 is 0. The Morgan fingerprint density at radius 3 is 2.14 bits per heavy atom.